The number of hydrogen-bond acceptors (Lipinski definition) is 4. The van der Waals surface area contributed by atoms with Crippen molar-refractivity contribution >= 4 is 50.7 Å². The van der Waals surface area contributed by atoms with E-state index in [-0.39, 0.29) is 28.8 Å². The third-order valence-corrected chi connectivity index (χ3v) is 6.97. The number of nitrogens with one attached hydrogen (secondary N) is 1. The maximum Gasteiger partial charge on any atom is 0.258 e. The molecule has 2 rings (SSSR count). The minimum Gasteiger partial charge on any atom is -0.482 e. The molecule has 6 nitrogen and oxygen atoms in total. The zero-order valence-electron chi connectivity index (χ0n) is 15.9. The highest BCUT2D eigenvalue weighted by molar-refractivity contribution is 7.89. The maximum absolute atomic E-state index is 12.8. The van der Waals surface area contributed by atoms with Crippen molar-refractivity contribution in [2.45, 2.75) is 25.3 Å². The average molecular weight is 480 g/mol. The van der Waals surface area contributed by atoms with Crippen LogP contribution >= 0.6 is 34.8 Å². The Morgan fingerprint density at radius 1 is 1.03 bits per heavy atom. The molecular weight excluding hydrogens is 459 g/mol. The highest BCUT2D eigenvalue weighted by Crippen LogP contribution is 2.30. The van der Waals surface area contributed by atoms with Crippen LogP contribution in [0.4, 0.5) is 0 Å². The summed E-state index contributed by atoms with van der Waals surface area (Å²) in [5.74, 6) is -0.377. The molecule has 2 aromatic rings. The Hall–Kier alpha value is -1.51. The van der Waals surface area contributed by atoms with E-state index in [1.54, 1.807) is 32.0 Å². The SMILES string of the molecule is CCN(CC)S(=O)(=O)c1cc(Cl)ccc1OCC(=O)NCc1ccc(Cl)cc1Cl. The van der Waals surface area contributed by atoms with Crippen molar-refractivity contribution in [3.63, 3.8) is 0 Å². The molecule has 158 valence electrons. The summed E-state index contributed by atoms with van der Waals surface area (Å²) in [7, 11) is -3.80. The second-order valence-corrected chi connectivity index (χ2v) is 9.17. The first kappa shape index (κ1) is 23.8. The van der Waals surface area contributed by atoms with Crippen LogP contribution in [0.15, 0.2) is 41.3 Å². The number of hydrogen-bond donors (Lipinski definition) is 1. The van der Waals surface area contributed by atoms with Crippen LogP contribution in [-0.2, 0) is 21.4 Å². The molecule has 0 saturated carbocycles. The zero-order valence-corrected chi connectivity index (χ0v) is 19.0. The zero-order chi connectivity index (χ0) is 21.6. The predicted octanol–water partition coefficient (Wildman–Crippen LogP) is 4.37. The van der Waals surface area contributed by atoms with Crippen molar-refractivity contribution < 1.29 is 17.9 Å². The number of carbonyl (C=O) groups is 1. The normalized spacial score (nSPS) is 11.5. The van der Waals surface area contributed by atoms with Crippen molar-refractivity contribution in [3.8, 4) is 5.75 Å². The molecule has 0 fully saturated rings. The first-order valence-corrected chi connectivity index (χ1v) is 11.4. The van der Waals surface area contributed by atoms with Gasteiger partial charge in [-0.1, -0.05) is 54.7 Å². The van der Waals surface area contributed by atoms with Crippen LogP contribution < -0.4 is 10.1 Å². The van der Waals surface area contributed by atoms with Gasteiger partial charge >= 0.3 is 0 Å². The van der Waals surface area contributed by atoms with E-state index in [0.29, 0.717) is 28.7 Å². The fourth-order valence-corrected chi connectivity index (χ4v) is 4.89. The fourth-order valence-electron chi connectivity index (χ4n) is 2.56. The summed E-state index contributed by atoms with van der Waals surface area (Å²) in [5, 5.41) is 3.85. The highest BCUT2D eigenvalue weighted by atomic mass is 35.5. The first-order valence-electron chi connectivity index (χ1n) is 8.82. The standard InChI is InChI=1S/C19H21Cl3N2O4S/c1-3-24(4-2)29(26,27)18-10-15(21)7-8-17(18)28-12-19(25)23-11-13-5-6-14(20)9-16(13)22/h5-10H,3-4,11-12H2,1-2H3,(H,23,25). The number of ether oxygens (including phenoxy) is 1. The quantitative estimate of drug-likeness (QED) is 0.579. The Morgan fingerprint density at radius 3 is 2.28 bits per heavy atom. The van der Waals surface area contributed by atoms with E-state index in [1.165, 1.54) is 22.5 Å². The number of halogens is 3. The number of benzene rings is 2. The van der Waals surface area contributed by atoms with Gasteiger partial charge in [-0.15, -0.1) is 0 Å². The van der Waals surface area contributed by atoms with E-state index in [0.717, 1.165) is 0 Å². The molecule has 0 saturated heterocycles. The van der Waals surface area contributed by atoms with Gasteiger partial charge < -0.3 is 10.1 Å². The molecule has 1 amide bonds. The van der Waals surface area contributed by atoms with E-state index in [2.05, 4.69) is 5.32 Å². The third-order valence-electron chi connectivity index (χ3n) is 4.08. The van der Waals surface area contributed by atoms with Gasteiger partial charge in [0, 0.05) is 34.7 Å². The summed E-state index contributed by atoms with van der Waals surface area (Å²) in [6.07, 6.45) is 0. The predicted molar refractivity (Wildman–Crippen MR) is 115 cm³/mol. The van der Waals surface area contributed by atoms with Crippen LogP contribution in [0.2, 0.25) is 15.1 Å². The first-order chi connectivity index (χ1) is 13.7. The van der Waals surface area contributed by atoms with E-state index in [1.807, 2.05) is 0 Å². The molecule has 0 heterocycles. The molecule has 0 aliphatic carbocycles. The van der Waals surface area contributed by atoms with E-state index in [4.69, 9.17) is 39.5 Å². The lowest BCUT2D eigenvalue weighted by molar-refractivity contribution is -0.123. The lowest BCUT2D eigenvalue weighted by Gasteiger charge is -2.20. The van der Waals surface area contributed by atoms with Gasteiger partial charge in [0.05, 0.1) is 0 Å². The van der Waals surface area contributed by atoms with Crippen LogP contribution in [-0.4, -0.2) is 38.3 Å². The smallest absolute Gasteiger partial charge is 0.258 e. The molecule has 0 bridgehead atoms. The summed E-state index contributed by atoms with van der Waals surface area (Å²) in [6.45, 7) is 3.89. The number of sulfonamides is 1. The Morgan fingerprint density at radius 2 is 1.66 bits per heavy atom. The Balaban J connectivity index is 2.09. The molecule has 0 atom stereocenters. The van der Waals surface area contributed by atoms with Crippen LogP contribution in [0.1, 0.15) is 19.4 Å². The number of nitrogens with zero attached hydrogens (tertiary/aromatic N) is 1. The topological polar surface area (TPSA) is 75.7 Å². The van der Waals surface area contributed by atoms with Crippen molar-refractivity contribution in [3.05, 3.63) is 57.0 Å². The minimum atomic E-state index is -3.80. The van der Waals surface area contributed by atoms with Gasteiger partial charge in [0.1, 0.15) is 10.6 Å². The van der Waals surface area contributed by atoms with Gasteiger partial charge in [0.15, 0.2) is 6.61 Å². The van der Waals surface area contributed by atoms with Gasteiger partial charge in [0.25, 0.3) is 5.91 Å². The molecule has 1 N–H and O–H groups in total. The lowest BCUT2D eigenvalue weighted by atomic mass is 10.2. The average Bonchev–Trinajstić information content (AvgIpc) is 2.67. The summed E-state index contributed by atoms with van der Waals surface area (Å²) in [6, 6.07) is 9.21. The van der Waals surface area contributed by atoms with Gasteiger partial charge in [-0.2, -0.15) is 4.31 Å². The second-order valence-electron chi connectivity index (χ2n) is 5.98. The Labute approximate surface area is 185 Å². The molecular formula is C19H21Cl3N2O4S. The van der Waals surface area contributed by atoms with Crippen molar-refractivity contribution in [2.75, 3.05) is 19.7 Å². The van der Waals surface area contributed by atoms with Crippen LogP contribution in [0.25, 0.3) is 0 Å². The van der Waals surface area contributed by atoms with Gasteiger partial charge in [-0.3, -0.25) is 4.79 Å². The molecule has 2 aromatic carbocycles. The lowest BCUT2D eigenvalue weighted by Crippen LogP contribution is -2.32. The van der Waals surface area contributed by atoms with Gasteiger partial charge in [0.2, 0.25) is 10.0 Å². The largest absolute Gasteiger partial charge is 0.482 e. The summed E-state index contributed by atoms with van der Waals surface area (Å²) < 4.78 is 32.5. The monoisotopic (exact) mass is 478 g/mol. The summed E-state index contributed by atoms with van der Waals surface area (Å²) >= 11 is 17.9. The third kappa shape index (κ3) is 6.23. The fraction of sp³-hybridized carbons (Fsp3) is 0.316. The van der Waals surface area contributed by atoms with Crippen molar-refractivity contribution in [2.24, 2.45) is 0 Å². The summed E-state index contributed by atoms with van der Waals surface area (Å²) in [5.41, 5.74) is 0.695. The van der Waals surface area contributed by atoms with E-state index >= 15 is 0 Å². The second kappa shape index (κ2) is 10.5. The van der Waals surface area contributed by atoms with Crippen LogP contribution in [0, 0.1) is 0 Å². The maximum atomic E-state index is 12.8. The van der Waals surface area contributed by atoms with Gasteiger partial charge in [-0.05, 0) is 35.9 Å². The molecule has 0 unspecified atom stereocenters. The molecule has 0 aromatic heterocycles. The van der Waals surface area contributed by atoms with Crippen LogP contribution in [0.3, 0.4) is 0 Å². The summed E-state index contributed by atoms with van der Waals surface area (Å²) in [4.78, 5) is 12.1. The molecule has 0 aliphatic rings. The van der Waals surface area contributed by atoms with Gasteiger partial charge in [-0.25, -0.2) is 8.42 Å². The number of carbonyl (C=O) groups excluding carboxylic acids is 1. The minimum absolute atomic E-state index is 0.0565. The molecule has 0 aliphatic heterocycles. The van der Waals surface area contributed by atoms with Crippen molar-refractivity contribution in [1.82, 2.24) is 9.62 Å². The van der Waals surface area contributed by atoms with Crippen LogP contribution in [0.5, 0.6) is 5.75 Å². The number of rotatable bonds is 9. The van der Waals surface area contributed by atoms with E-state index in [9.17, 15) is 13.2 Å². The Bertz CT molecular complexity index is 979. The highest BCUT2D eigenvalue weighted by Gasteiger charge is 2.26. The number of amides is 1. The Kier molecular flexibility index (Phi) is 8.60. The molecule has 0 radical (unpaired) electrons. The molecule has 29 heavy (non-hydrogen) atoms. The van der Waals surface area contributed by atoms with E-state index < -0.39 is 15.9 Å². The van der Waals surface area contributed by atoms with Crippen molar-refractivity contribution in [1.29, 1.82) is 0 Å². The molecule has 0 spiro atoms. The molecule has 10 heteroatoms.